The number of nitrogens with zero attached hydrogens (tertiary/aromatic N) is 4. The van der Waals surface area contributed by atoms with Crippen LogP contribution in [0.3, 0.4) is 0 Å². The second kappa shape index (κ2) is 8.71. The number of carbonyl (C=O) groups is 1. The molecule has 5 rings (SSSR count). The molecule has 1 aliphatic carbocycles. The molecule has 1 amide bonds. The van der Waals surface area contributed by atoms with Gasteiger partial charge in [-0.25, -0.2) is 4.98 Å². The van der Waals surface area contributed by atoms with E-state index in [0.717, 1.165) is 22.0 Å². The predicted molar refractivity (Wildman–Crippen MR) is 124 cm³/mol. The van der Waals surface area contributed by atoms with Gasteiger partial charge in [0.1, 0.15) is 12.2 Å². The topological polar surface area (TPSA) is 134 Å². The number of hydrogen-bond donors (Lipinski definition) is 4. The highest BCUT2D eigenvalue weighted by Crippen LogP contribution is 2.33. The molecule has 1 aromatic carbocycles. The number of halogens is 2. The second-order valence-electron chi connectivity index (χ2n) is 7.86. The van der Waals surface area contributed by atoms with Crippen LogP contribution in [0.4, 0.5) is 5.82 Å². The molecule has 4 unspecified atom stereocenters. The van der Waals surface area contributed by atoms with Gasteiger partial charge in [0.05, 0.1) is 6.33 Å². The number of nitrogens with one attached hydrogen (secondary N) is 2. The van der Waals surface area contributed by atoms with Crippen molar-refractivity contribution in [3.63, 3.8) is 0 Å². The van der Waals surface area contributed by atoms with E-state index in [4.69, 9.17) is 16.3 Å². The average molecular weight is 571 g/mol. The third kappa shape index (κ3) is 4.27. The first-order chi connectivity index (χ1) is 15.4. The highest BCUT2D eigenvalue weighted by molar-refractivity contribution is 14.1. The summed E-state index contributed by atoms with van der Waals surface area (Å²) in [6, 6.07) is 8.12. The third-order valence-corrected chi connectivity index (χ3v) is 6.28. The van der Waals surface area contributed by atoms with Crippen LogP contribution < -0.4 is 10.6 Å². The standard InChI is InChI=1S/C20H20ClIN6O4/c21-20-26-16(23-7-9-2-1-3-10(22)6-9)12-17(27-20)28(8-24-12)19-14(30)13(29)15(32-19)18(31)25-11-4-5-11/h1-3,6,8,11,13-15,19,29-30H,4-5,7H2,(H,25,31)(H,23,26,27). The number of rotatable bonds is 6. The maximum Gasteiger partial charge on any atom is 0.252 e. The minimum absolute atomic E-state index is 0.0135. The lowest BCUT2D eigenvalue weighted by molar-refractivity contribution is -0.137. The maximum absolute atomic E-state index is 12.4. The number of fused-ring (bicyclic) bond motifs is 1. The predicted octanol–water partition coefficient (Wildman–Crippen LogP) is 1.59. The Morgan fingerprint density at radius 3 is 2.84 bits per heavy atom. The Labute approximate surface area is 201 Å². The van der Waals surface area contributed by atoms with Crippen LogP contribution >= 0.6 is 34.2 Å². The number of anilines is 1. The van der Waals surface area contributed by atoms with E-state index in [9.17, 15) is 15.0 Å². The summed E-state index contributed by atoms with van der Waals surface area (Å²) in [5.41, 5.74) is 1.80. The van der Waals surface area contributed by atoms with Crippen molar-refractivity contribution in [3.05, 3.63) is 45.0 Å². The quantitative estimate of drug-likeness (QED) is 0.259. The number of ether oxygens (including phenoxy) is 1. The maximum atomic E-state index is 12.4. The van der Waals surface area contributed by atoms with Crippen LogP contribution in [0.1, 0.15) is 24.6 Å². The highest BCUT2D eigenvalue weighted by atomic mass is 127. The van der Waals surface area contributed by atoms with Crippen molar-refractivity contribution in [1.82, 2.24) is 24.8 Å². The molecule has 0 radical (unpaired) electrons. The molecular formula is C20H20ClIN6O4. The van der Waals surface area contributed by atoms with E-state index < -0.39 is 30.4 Å². The molecule has 32 heavy (non-hydrogen) atoms. The molecule has 1 aliphatic heterocycles. The first kappa shape index (κ1) is 21.8. The van der Waals surface area contributed by atoms with E-state index in [1.54, 1.807) is 0 Å². The van der Waals surface area contributed by atoms with E-state index >= 15 is 0 Å². The minimum Gasteiger partial charge on any atom is -0.387 e. The van der Waals surface area contributed by atoms with E-state index in [1.165, 1.54) is 10.9 Å². The fourth-order valence-corrected chi connectivity index (χ4v) is 4.42. The lowest BCUT2D eigenvalue weighted by atomic mass is 10.1. The number of amides is 1. The molecule has 0 bridgehead atoms. The molecule has 2 aromatic heterocycles. The van der Waals surface area contributed by atoms with Crippen LogP contribution in [-0.4, -0.2) is 60.0 Å². The van der Waals surface area contributed by atoms with Crippen LogP contribution in [0, 0.1) is 3.57 Å². The van der Waals surface area contributed by atoms with Crippen molar-refractivity contribution in [3.8, 4) is 0 Å². The van der Waals surface area contributed by atoms with Crippen molar-refractivity contribution in [2.24, 2.45) is 0 Å². The summed E-state index contributed by atoms with van der Waals surface area (Å²) in [5, 5.41) is 27.0. The van der Waals surface area contributed by atoms with Crippen LogP contribution in [-0.2, 0) is 16.1 Å². The molecule has 3 heterocycles. The molecule has 12 heteroatoms. The van der Waals surface area contributed by atoms with E-state index in [0.29, 0.717) is 23.5 Å². The van der Waals surface area contributed by atoms with Gasteiger partial charge in [0.25, 0.3) is 5.91 Å². The Balaban J connectivity index is 1.40. The SMILES string of the molecule is O=C(NC1CC1)C1OC(n2cnc3c(NCc4cccc(I)c4)nc(Cl)nc32)C(O)C1O. The Bertz CT molecular complexity index is 1170. The van der Waals surface area contributed by atoms with Gasteiger partial charge in [-0.15, -0.1) is 0 Å². The van der Waals surface area contributed by atoms with Crippen molar-refractivity contribution in [2.75, 3.05) is 5.32 Å². The number of aliphatic hydroxyl groups is 2. The Morgan fingerprint density at radius 1 is 1.28 bits per heavy atom. The summed E-state index contributed by atoms with van der Waals surface area (Å²) < 4.78 is 8.31. The lowest BCUT2D eigenvalue weighted by Gasteiger charge is -2.16. The van der Waals surface area contributed by atoms with Crippen LogP contribution in [0.2, 0.25) is 5.28 Å². The lowest BCUT2D eigenvalue weighted by Crippen LogP contribution is -2.43. The Hall–Kier alpha value is -2.06. The van der Waals surface area contributed by atoms with E-state index in [1.807, 2.05) is 24.3 Å². The largest absolute Gasteiger partial charge is 0.387 e. The summed E-state index contributed by atoms with van der Waals surface area (Å²) in [7, 11) is 0. The number of imidazole rings is 1. The van der Waals surface area contributed by atoms with Crippen molar-refractivity contribution in [2.45, 2.75) is 50.0 Å². The molecule has 1 saturated carbocycles. The van der Waals surface area contributed by atoms with Gasteiger partial charge in [0, 0.05) is 16.2 Å². The van der Waals surface area contributed by atoms with Crippen LogP contribution in [0.25, 0.3) is 11.2 Å². The van der Waals surface area contributed by atoms with E-state index in [2.05, 4.69) is 48.2 Å². The molecule has 0 spiro atoms. The fraction of sp³-hybridized carbons (Fsp3) is 0.400. The molecule has 4 N–H and O–H groups in total. The first-order valence-corrected chi connectivity index (χ1v) is 11.6. The van der Waals surface area contributed by atoms with Gasteiger partial charge in [0.15, 0.2) is 29.3 Å². The summed E-state index contributed by atoms with van der Waals surface area (Å²) in [5.74, 6) is -0.0212. The average Bonchev–Trinajstić information content (AvgIpc) is 3.40. The van der Waals surface area contributed by atoms with E-state index in [-0.39, 0.29) is 11.3 Å². The van der Waals surface area contributed by atoms with Gasteiger partial charge in [-0.1, -0.05) is 12.1 Å². The smallest absolute Gasteiger partial charge is 0.252 e. The van der Waals surface area contributed by atoms with Crippen LogP contribution in [0.5, 0.6) is 0 Å². The minimum atomic E-state index is -1.38. The van der Waals surface area contributed by atoms with Crippen LogP contribution in [0.15, 0.2) is 30.6 Å². The number of aromatic nitrogens is 4. The molecule has 2 aliphatic rings. The Morgan fingerprint density at radius 2 is 2.09 bits per heavy atom. The number of hydrogen-bond acceptors (Lipinski definition) is 8. The number of benzene rings is 1. The zero-order chi connectivity index (χ0) is 22.4. The highest BCUT2D eigenvalue weighted by Gasteiger charge is 2.48. The summed E-state index contributed by atoms with van der Waals surface area (Å²) in [6.45, 7) is 0.497. The van der Waals surface area contributed by atoms with Gasteiger partial charge in [0.2, 0.25) is 5.28 Å². The molecule has 2 fully saturated rings. The van der Waals surface area contributed by atoms with Crippen molar-refractivity contribution < 1.29 is 19.7 Å². The molecule has 1 saturated heterocycles. The van der Waals surface area contributed by atoms with Gasteiger partial charge >= 0.3 is 0 Å². The summed E-state index contributed by atoms with van der Waals surface area (Å²) >= 11 is 8.40. The first-order valence-electron chi connectivity index (χ1n) is 10.1. The number of aliphatic hydroxyl groups excluding tert-OH is 2. The van der Waals surface area contributed by atoms with Gasteiger partial charge in [-0.3, -0.25) is 9.36 Å². The monoisotopic (exact) mass is 570 g/mol. The molecule has 168 valence electrons. The number of carbonyl (C=O) groups excluding carboxylic acids is 1. The van der Waals surface area contributed by atoms with Gasteiger partial charge < -0.3 is 25.6 Å². The molecule has 4 atom stereocenters. The van der Waals surface area contributed by atoms with Gasteiger partial charge in [-0.2, -0.15) is 9.97 Å². The molecule has 3 aromatic rings. The summed E-state index contributed by atoms with van der Waals surface area (Å²) in [4.78, 5) is 25.2. The third-order valence-electron chi connectivity index (χ3n) is 5.44. The Kier molecular flexibility index (Phi) is 5.92. The second-order valence-corrected chi connectivity index (χ2v) is 9.44. The van der Waals surface area contributed by atoms with Gasteiger partial charge in [-0.05, 0) is 64.7 Å². The molecule has 10 nitrogen and oxygen atoms in total. The zero-order valence-corrected chi connectivity index (χ0v) is 19.6. The zero-order valence-electron chi connectivity index (χ0n) is 16.7. The fourth-order valence-electron chi connectivity index (χ4n) is 3.65. The molecular weight excluding hydrogens is 551 g/mol. The normalized spacial score (nSPS) is 25.2. The van der Waals surface area contributed by atoms with Crippen molar-refractivity contribution in [1.29, 1.82) is 0 Å². The van der Waals surface area contributed by atoms with Crippen molar-refractivity contribution >= 4 is 57.1 Å². The summed E-state index contributed by atoms with van der Waals surface area (Å²) in [6.07, 6.45) is -1.75.